The Morgan fingerprint density at radius 2 is 1.65 bits per heavy atom. The molecule has 1 aliphatic heterocycles. The Balaban J connectivity index is 1.82. The van der Waals surface area contributed by atoms with Gasteiger partial charge in [-0.25, -0.2) is 0 Å². The number of nitrogens with zero attached hydrogens (tertiary/aromatic N) is 1. The van der Waals surface area contributed by atoms with Crippen LogP contribution in [0.2, 0.25) is 0 Å². The van der Waals surface area contributed by atoms with Crippen molar-refractivity contribution in [1.82, 2.24) is 4.90 Å². The molecule has 2 heteroatoms. The van der Waals surface area contributed by atoms with Crippen LogP contribution >= 0.6 is 0 Å². The fraction of sp³-hybridized carbons (Fsp3) is 1.00. The number of aliphatic hydroxyl groups is 1. The molecule has 1 aliphatic carbocycles. The highest BCUT2D eigenvalue weighted by Gasteiger charge is 2.33. The first-order valence-electron chi connectivity index (χ1n) is 7.39. The second-order valence-electron chi connectivity index (χ2n) is 7.16. The maximum absolute atomic E-state index is 9.75. The van der Waals surface area contributed by atoms with Gasteiger partial charge in [0.1, 0.15) is 0 Å². The molecule has 0 bridgehead atoms. The van der Waals surface area contributed by atoms with Gasteiger partial charge in [0.15, 0.2) is 0 Å². The van der Waals surface area contributed by atoms with Crippen molar-refractivity contribution in [2.24, 2.45) is 11.3 Å². The van der Waals surface area contributed by atoms with E-state index in [9.17, 15) is 5.11 Å². The van der Waals surface area contributed by atoms with Crippen molar-refractivity contribution in [3.63, 3.8) is 0 Å². The fourth-order valence-electron chi connectivity index (χ4n) is 3.62. The second kappa shape index (κ2) is 5.27. The highest BCUT2D eigenvalue weighted by Crippen LogP contribution is 2.39. The predicted molar refractivity (Wildman–Crippen MR) is 72.0 cm³/mol. The molecule has 17 heavy (non-hydrogen) atoms. The zero-order valence-electron chi connectivity index (χ0n) is 11.8. The largest absolute Gasteiger partial charge is 0.392 e. The van der Waals surface area contributed by atoms with Crippen LogP contribution in [0.5, 0.6) is 0 Å². The topological polar surface area (TPSA) is 23.5 Å². The predicted octanol–water partition coefficient (Wildman–Crippen LogP) is 3.05. The number of β-amino-alcohol motifs (C(OH)–C–C–N with tert-alkyl or cyclic N) is 1. The average Bonchev–Trinajstić information content (AvgIpc) is 2.28. The van der Waals surface area contributed by atoms with E-state index in [1.54, 1.807) is 0 Å². The van der Waals surface area contributed by atoms with Gasteiger partial charge in [-0.15, -0.1) is 0 Å². The number of likely N-dealkylation sites (tertiary alicyclic amines) is 1. The van der Waals surface area contributed by atoms with Gasteiger partial charge in [0.25, 0.3) is 0 Å². The molecule has 0 amide bonds. The standard InChI is InChI=1S/C15H29NO/c1-15(2,3)12-6-8-13(9-7-12)16-10-4-5-14(17)11-16/h12-14,17H,4-11H2,1-3H3. The summed E-state index contributed by atoms with van der Waals surface area (Å²) in [7, 11) is 0. The first-order chi connectivity index (χ1) is 7.97. The van der Waals surface area contributed by atoms with Crippen LogP contribution in [0.4, 0.5) is 0 Å². The van der Waals surface area contributed by atoms with E-state index in [0.29, 0.717) is 5.41 Å². The van der Waals surface area contributed by atoms with E-state index in [1.165, 1.54) is 38.6 Å². The van der Waals surface area contributed by atoms with E-state index >= 15 is 0 Å². The van der Waals surface area contributed by atoms with Gasteiger partial charge in [-0.2, -0.15) is 0 Å². The molecule has 2 fully saturated rings. The summed E-state index contributed by atoms with van der Waals surface area (Å²) in [5.74, 6) is 0.897. The Morgan fingerprint density at radius 3 is 2.18 bits per heavy atom. The number of hydrogen-bond donors (Lipinski definition) is 1. The molecule has 100 valence electrons. The van der Waals surface area contributed by atoms with E-state index in [4.69, 9.17) is 0 Å². The molecule has 1 N–H and O–H groups in total. The molecular formula is C15H29NO. The van der Waals surface area contributed by atoms with Crippen molar-refractivity contribution in [3.05, 3.63) is 0 Å². The number of hydrogen-bond acceptors (Lipinski definition) is 2. The van der Waals surface area contributed by atoms with Crippen molar-refractivity contribution in [2.75, 3.05) is 13.1 Å². The van der Waals surface area contributed by atoms with Crippen molar-refractivity contribution in [3.8, 4) is 0 Å². The van der Waals surface area contributed by atoms with Crippen LogP contribution in [-0.2, 0) is 0 Å². The minimum atomic E-state index is -0.0657. The lowest BCUT2D eigenvalue weighted by molar-refractivity contribution is 0.0228. The molecule has 0 aromatic heterocycles. The molecule has 0 radical (unpaired) electrons. The number of aliphatic hydroxyl groups excluding tert-OH is 1. The third kappa shape index (κ3) is 3.45. The fourth-order valence-corrected chi connectivity index (χ4v) is 3.62. The highest BCUT2D eigenvalue weighted by atomic mass is 16.3. The van der Waals surface area contributed by atoms with Crippen LogP contribution in [0.1, 0.15) is 59.3 Å². The lowest BCUT2D eigenvalue weighted by atomic mass is 9.71. The quantitative estimate of drug-likeness (QED) is 0.760. The molecule has 0 aromatic carbocycles. The summed E-state index contributed by atoms with van der Waals surface area (Å²) in [6.07, 6.45) is 7.56. The normalized spacial score (nSPS) is 37.1. The van der Waals surface area contributed by atoms with E-state index in [-0.39, 0.29) is 6.10 Å². The summed E-state index contributed by atoms with van der Waals surface area (Å²) in [4.78, 5) is 2.55. The Labute approximate surface area is 106 Å². The molecule has 1 saturated carbocycles. The Morgan fingerprint density at radius 1 is 1.00 bits per heavy atom. The third-order valence-corrected chi connectivity index (χ3v) is 4.87. The molecule has 0 aromatic rings. The monoisotopic (exact) mass is 239 g/mol. The van der Waals surface area contributed by atoms with E-state index < -0.39 is 0 Å². The summed E-state index contributed by atoms with van der Waals surface area (Å²) in [6, 6.07) is 0.753. The van der Waals surface area contributed by atoms with Gasteiger partial charge in [0, 0.05) is 12.6 Å². The summed E-state index contributed by atoms with van der Waals surface area (Å²) >= 11 is 0. The lowest BCUT2D eigenvalue weighted by Gasteiger charge is -2.43. The Kier molecular flexibility index (Phi) is 4.14. The van der Waals surface area contributed by atoms with Gasteiger partial charge in [-0.1, -0.05) is 20.8 Å². The molecule has 0 spiro atoms. The minimum absolute atomic E-state index is 0.0657. The van der Waals surface area contributed by atoms with Crippen LogP contribution in [0, 0.1) is 11.3 Å². The number of piperidine rings is 1. The van der Waals surface area contributed by atoms with Crippen molar-refractivity contribution >= 4 is 0 Å². The molecule has 2 rings (SSSR count). The summed E-state index contributed by atoms with van der Waals surface area (Å²) in [6.45, 7) is 9.26. The van der Waals surface area contributed by atoms with Crippen LogP contribution in [0.3, 0.4) is 0 Å². The zero-order chi connectivity index (χ0) is 12.5. The smallest absolute Gasteiger partial charge is 0.0667 e. The molecule has 1 saturated heterocycles. The van der Waals surface area contributed by atoms with Crippen LogP contribution < -0.4 is 0 Å². The van der Waals surface area contributed by atoms with Gasteiger partial charge < -0.3 is 5.11 Å². The van der Waals surface area contributed by atoms with Crippen molar-refractivity contribution in [2.45, 2.75) is 71.4 Å². The summed E-state index contributed by atoms with van der Waals surface area (Å²) < 4.78 is 0. The number of rotatable bonds is 1. The van der Waals surface area contributed by atoms with Crippen LogP contribution in [0.25, 0.3) is 0 Å². The summed E-state index contributed by atoms with van der Waals surface area (Å²) in [5, 5.41) is 9.75. The maximum atomic E-state index is 9.75. The molecule has 1 heterocycles. The van der Waals surface area contributed by atoms with Crippen LogP contribution in [0.15, 0.2) is 0 Å². The van der Waals surface area contributed by atoms with E-state index in [0.717, 1.165) is 24.9 Å². The van der Waals surface area contributed by atoms with Gasteiger partial charge in [-0.05, 0) is 56.4 Å². The Hall–Kier alpha value is -0.0800. The minimum Gasteiger partial charge on any atom is -0.392 e. The Bertz CT molecular complexity index is 238. The second-order valence-corrected chi connectivity index (χ2v) is 7.16. The first kappa shape index (κ1) is 13.4. The van der Waals surface area contributed by atoms with Crippen LogP contribution in [-0.4, -0.2) is 35.2 Å². The third-order valence-electron chi connectivity index (χ3n) is 4.87. The molecular weight excluding hydrogens is 210 g/mol. The SMILES string of the molecule is CC(C)(C)C1CCC(N2CCCC(O)C2)CC1. The maximum Gasteiger partial charge on any atom is 0.0667 e. The van der Waals surface area contributed by atoms with Crippen molar-refractivity contribution < 1.29 is 5.11 Å². The molecule has 2 nitrogen and oxygen atoms in total. The van der Waals surface area contributed by atoms with Crippen molar-refractivity contribution in [1.29, 1.82) is 0 Å². The molecule has 1 unspecified atom stereocenters. The average molecular weight is 239 g/mol. The molecule has 1 atom stereocenters. The summed E-state index contributed by atoms with van der Waals surface area (Å²) in [5.41, 5.74) is 0.479. The van der Waals surface area contributed by atoms with Gasteiger partial charge in [0.05, 0.1) is 6.10 Å². The van der Waals surface area contributed by atoms with E-state index in [2.05, 4.69) is 25.7 Å². The zero-order valence-corrected chi connectivity index (χ0v) is 11.8. The highest BCUT2D eigenvalue weighted by molar-refractivity contribution is 4.86. The van der Waals surface area contributed by atoms with E-state index in [1.807, 2.05) is 0 Å². The molecule has 2 aliphatic rings. The van der Waals surface area contributed by atoms with Gasteiger partial charge in [-0.3, -0.25) is 4.90 Å². The first-order valence-corrected chi connectivity index (χ1v) is 7.39. The van der Waals surface area contributed by atoms with Gasteiger partial charge in [0.2, 0.25) is 0 Å². The lowest BCUT2D eigenvalue weighted by Crippen LogP contribution is -2.46. The van der Waals surface area contributed by atoms with Gasteiger partial charge >= 0.3 is 0 Å².